The summed E-state index contributed by atoms with van der Waals surface area (Å²) in [7, 11) is 0. The van der Waals surface area contributed by atoms with Crippen molar-refractivity contribution in [2.24, 2.45) is 0 Å². The molecule has 0 aliphatic rings. The highest BCUT2D eigenvalue weighted by Crippen LogP contribution is 2.33. The van der Waals surface area contributed by atoms with Crippen molar-refractivity contribution in [2.45, 2.75) is 13.8 Å². The van der Waals surface area contributed by atoms with Crippen LogP contribution in [-0.2, 0) is 4.74 Å². The summed E-state index contributed by atoms with van der Waals surface area (Å²) in [4.78, 5) is 16.1. The van der Waals surface area contributed by atoms with Gasteiger partial charge >= 0.3 is 5.97 Å². The fraction of sp³-hybridized carbons (Fsp3) is 0.250. The van der Waals surface area contributed by atoms with Gasteiger partial charge in [-0.1, -0.05) is 12.7 Å². The van der Waals surface area contributed by atoms with Gasteiger partial charge in [-0.15, -0.1) is 0 Å². The Hall–Kier alpha value is -2.50. The molecule has 2 aromatic rings. The summed E-state index contributed by atoms with van der Waals surface area (Å²) in [6.07, 6.45) is 1.48. The van der Waals surface area contributed by atoms with Gasteiger partial charge in [0.25, 0.3) is 0 Å². The number of hydrogen-bond donors (Lipinski definition) is 0. The molecule has 0 N–H and O–H groups in total. The Balaban J connectivity index is 2.78. The molecule has 0 unspecified atom stereocenters. The predicted molar refractivity (Wildman–Crippen MR) is 78.0 cm³/mol. The molecule has 0 aliphatic carbocycles. The number of carbonyl (C=O) groups excluding carboxylic acids is 1. The molecule has 0 saturated carbocycles. The van der Waals surface area contributed by atoms with Crippen molar-refractivity contribution < 1.29 is 23.0 Å². The maximum absolute atomic E-state index is 13.9. The van der Waals surface area contributed by atoms with E-state index >= 15 is 0 Å². The molecule has 0 aliphatic heterocycles. The van der Waals surface area contributed by atoms with Crippen LogP contribution in [-0.4, -0.2) is 24.2 Å². The Morgan fingerprint density at radius 2 is 2.14 bits per heavy atom. The van der Waals surface area contributed by atoms with Crippen LogP contribution in [0, 0.1) is 18.6 Å². The van der Waals surface area contributed by atoms with E-state index in [-0.39, 0.29) is 41.1 Å². The normalized spacial score (nSPS) is 10.5. The molecule has 0 spiro atoms. The molecule has 116 valence electrons. The van der Waals surface area contributed by atoms with Gasteiger partial charge in [0.2, 0.25) is 0 Å². The third kappa shape index (κ3) is 2.77. The van der Waals surface area contributed by atoms with Crippen LogP contribution in [0.5, 0.6) is 5.75 Å². The second-order valence-corrected chi connectivity index (χ2v) is 4.48. The fourth-order valence-corrected chi connectivity index (χ4v) is 2.09. The number of aromatic nitrogens is 1. The molecular weight excluding hydrogens is 292 g/mol. The molecule has 1 heterocycles. The van der Waals surface area contributed by atoms with Gasteiger partial charge in [0.15, 0.2) is 11.6 Å². The lowest BCUT2D eigenvalue weighted by Crippen LogP contribution is -2.12. The molecule has 0 fully saturated rings. The zero-order valence-electron chi connectivity index (χ0n) is 12.3. The lowest BCUT2D eigenvalue weighted by molar-refractivity contribution is 0.0521. The van der Waals surface area contributed by atoms with Crippen molar-refractivity contribution in [2.75, 3.05) is 13.2 Å². The number of nitrogens with zero attached hydrogens (tertiary/aromatic N) is 1. The zero-order chi connectivity index (χ0) is 16.3. The van der Waals surface area contributed by atoms with Gasteiger partial charge in [0, 0.05) is 5.39 Å². The second-order valence-electron chi connectivity index (χ2n) is 4.48. The van der Waals surface area contributed by atoms with Crippen LogP contribution < -0.4 is 4.74 Å². The molecule has 1 aromatic heterocycles. The summed E-state index contributed by atoms with van der Waals surface area (Å²) in [5.74, 6) is -2.62. The van der Waals surface area contributed by atoms with E-state index in [1.54, 1.807) is 6.92 Å². The highest BCUT2D eigenvalue weighted by molar-refractivity contribution is 6.01. The van der Waals surface area contributed by atoms with Gasteiger partial charge < -0.3 is 9.47 Å². The third-order valence-corrected chi connectivity index (χ3v) is 3.01. The Bertz CT molecular complexity index is 744. The monoisotopic (exact) mass is 307 g/mol. The van der Waals surface area contributed by atoms with Crippen LogP contribution in [0.15, 0.2) is 24.8 Å². The minimum Gasteiger partial charge on any atom is -0.488 e. The molecular formula is C16H15F2NO3. The molecule has 6 heteroatoms. The molecule has 0 amide bonds. The van der Waals surface area contributed by atoms with E-state index in [1.807, 2.05) is 0 Å². The summed E-state index contributed by atoms with van der Waals surface area (Å²) in [5.41, 5.74) is 0.112. The predicted octanol–water partition coefficient (Wildman–Crippen LogP) is 3.56. The first-order valence-electron chi connectivity index (χ1n) is 6.70. The molecule has 4 nitrogen and oxygen atoms in total. The number of carbonyl (C=O) groups is 1. The van der Waals surface area contributed by atoms with Crippen molar-refractivity contribution in [3.63, 3.8) is 0 Å². The second kappa shape index (κ2) is 6.51. The van der Waals surface area contributed by atoms with Crippen LogP contribution in [0.1, 0.15) is 23.0 Å². The lowest BCUT2D eigenvalue weighted by atomic mass is 10.1. The largest absolute Gasteiger partial charge is 0.488 e. The summed E-state index contributed by atoms with van der Waals surface area (Å²) in [6, 6.07) is 2.28. The third-order valence-electron chi connectivity index (χ3n) is 3.01. The lowest BCUT2D eigenvalue weighted by Gasteiger charge is -2.15. The molecule has 0 saturated heterocycles. The van der Waals surface area contributed by atoms with E-state index in [0.717, 1.165) is 6.07 Å². The highest BCUT2D eigenvalue weighted by atomic mass is 19.2. The zero-order valence-corrected chi connectivity index (χ0v) is 12.3. The van der Waals surface area contributed by atoms with Gasteiger partial charge in [0.05, 0.1) is 12.3 Å². The number of benzene rings is 1. The standard InChI is InChI=1S/C16H15F2NO3/c1-4-8-22-15-10-6-7-11(17)13(18)14(10)19-9(3)12(15)16(20)21-5-2/h4,6-7H,1,5,8H2,2-3H3. The van der Waals surface area contributed by atoms with Crippen molar-refractivity contribution >= 4 is 16.9 Å². The SMILES string of the molecule is C=CCOc1c(C(=O)OCC)c(C)nc2c(F)c(F)ccc12. The van der Waals surface area contributed by atoms with Crippen molar-refractivity contribution in [1.82, 2.24) is 4.98 Å². The van der Waals surface area contributed by atoms with E-state index in [1.165, 1.54) is 19.1 Å². The van der Waals surface area contributed by atoms with Crippen LogP contribution in [0.3, 0.4) is 0 Å². The molecule has 1 aromatic carbocycles. The smallest absolute Gasteiger partial charge is 0.343 e. The van der Waals surface area contributed by atoms with Crippen LogP contribution in [0.2, 0.25) is 0 Å². The van der Waals surface area contributed by atoms with Crippen molar-refractivity contribution in [3.8, 4) is 5.75 Å². The average molecular weight is 307 g/mol. The number of hydrogen-bond acceptors (Lipinski definition) is 4. The molecule has 22 heavy (non-hydrogen) atoms. The quantitative estimate of drug-likeness (QED) is 0.626. The summed E-state index contributed by atoms with van der Waals surface area (Å²) in [5, 5.41) is 0.203. The molecule has 0 bridgehead atoms. The minimum atomic E-state index is -1.08. The van der Waals surface area contributed by atoms with E-state index < -0.39 is 17.6 Å². The number of rotatable bonds is 5. The van der Waals surface area contributed by atoms with Crippen LogP contribution >= 0.6 is 0 Å². The van der Waals surface area contributed by atoms with E-state index in [2.05, 4.69) is 11.6 Å². The first kappa shape index (κ1) is 15.9. The first-order valence-corrected chi connectivity index (χ1v) is 6.70. The van der Waals surface area contributed by atoms with Gasteiger partial charge in [0.1, 0.15) is 23.4 Å². The van der Waals surface area contributed by atoms with E-state index in [4.69, 9.17) is 9.47 Å². The first-order chi connectivity index (χ1) is 10.5. The topological polar surface area (TPSA) is 48.4 Å². The van der Waals surface area contributed by atoms with E-state index in [0.29, 0.717) is 0 Å². The van der Waals surface area contributed by atoms with Gasteiger partial charge in [-0.05, 0) is 26.0 Å². The number of esters is 1. The molecule has 2 rings (SSSR count). The summed E-state index contributed by atoms with van der Waals surface area (Å²) in [6.45, 7) is 6.99. The van der Waals surface area contributed by atoms with E-state index in [9.17, 15) is 13.6 Å². The molecule has 0 radical (unpaired) electrons. The van der Waals surface area contributed by atoms with Crippen molar-refractivity contribution in [1.29, 1.82) is 0 Å². The van der Waals surface area contributed by atoms with Gasteiger partial charge in [-0.3, -0.25) is 0 Å². The summed E-state index contributed by atoms with van der Waals surface area (Å²) >= 11 is 0. The molecule has 0 atom stereocenters. The number of halogens is 2. The van der Waals surface area contributed by atoms with Crippen molar-refractivity contribution in [3.05, 3.63) is 47.7 Å². The Labute approximate surface area is 126 Å². The Morgan fingerprint density at radius 3 is 2.77 bits per heavy atom. The number of pyridine rings is 1. The maximum Gasteiger partial charge on any atom is 0.343 e. The summed E-state index contributed by atoms with van der Waals surface area (Å²) < 4.78 is 37.8. The van der Waals surface area contributed by atoms with Gasteiger partial charge in [-0.25, -0.2) is 18.6 Å². The Morgan fingerprint density at radius 1 is 1.41 bits per heavy atom. The minimum absolute atomic E-state index is 0.0993. The number of ether oxygens (including phenoxy) is 2. The van der Waals surface area contributed by atoms with Crippen LogP contribution in [0.4, 0.5) is 8.78 Å². The fourth-order valence-electron chi connectivity index (χ4n) is 2.09. The average Bonchev–Trinajstić information content (AvgIpc) is 2.49. The Kier molecular flexibility index (Phi) is 4.70. The van der Waals surface area contributed by atoms with Gasteiger partial charge in [-0.2, -0.15) is 0 Å². The highest BCUT2D eigenvalue weighted by Gasteiger charge is 2.23. The number of aryl methyl sites for hydroxylation is 1. The van der Waals surface area contributed by atoms with Crippen LogP contribution in [0.25, 0.3) is 10.9 Å². The number of fused-ring (bicyclic) bond motifs is 1. The maximum atomic E-state index is 13.9.